The highest BCUT2D eigenvalue weighted by atomic mass is 32.2. The van der Waals surface area contributed by atoms with Crippen molar-refractivity contribution in [1.82, 2.24) is 4.31 Å². The van der Waals surface area contributed by atoms with Gasteiger partial charge in [0, 0.05) is 30.3 Å². The standard InChI is InChI=1S/C15H24N4O2S2/c1-2-13-4-3-5-14(12-13)18-15(16)17-6-11-23(20,21)19-7-9-22-10-8-19/h3-5,12H,2,6-11H2,1H3,(H3,16,17,18). The molecule has 1 aliphatic heterocycles. The molecule has 1 aromatic rings. The highest BCUT2D eigenvalue weighted by Gasteiger charge is 2.23. The summed E-state index contributed by atoms with van der Waals surface area (Å²) in [5.74, 6) is 1.96. The Morgan fingerprint density at radius 1 is 1.39 bits per heavy atom. The first kappa shape index (κ1) is 18.1. The van der Waals surface area contributed by atoms with Gasteiger partial charge < -0.3 is 11.1 Å². The molecular formula is C15H24N4O2S2. The van der Waals surface area contributed by atoms with Gasteiger partial charge in [0.15, 0.2) is 5.96 Å². The molecule has 6 nitrogen and oxygen atoms in total. The van der Waals surface area contributed by atoms with Gasteiger partial charge in [-0.05, 0) is 24.1 Å². The molecule has 3 N–H and O–H groups in total. The minimum Gasteiger partial charge on any atom is -0.370 e. The number of anilines is 1. The third kappa shape index (κ3) is 5.71. The Balaban J connectivity index is 1.86. The molecule has 0 radical (unpaired) electrons. The maximum absolute atomic E-state index is 12.2. The van der Waals surface area contributed by atoms with Crippen molar-refractivity contribution in [3.63, 3.8) is 0 Å². The van der Waals surface area contributed by atoms with Crippen LogP contribution in [0.4, 0.5) is 5.69 Å². The van der Waals surface area contributed by atoms with Crippen molar-refractivity contribution < 1.29 is 8.42 Å². The van der Waals surface area contributed by atoms with Crippen LogP contribution in [0.5, 0.6) is 0 Å². The van der Waals surface area contributed by atoms with Gasteiger partial charge in [-0.25, -0.2) is 12.7 Å². The molecule has 0 unspecified atom stereocenters. The number of aliphatic imine (C=N–C) groups is 1. The van der Waals surface area contributed by atoms with Crippen LogP contribution in [0.2, 0.25) is 0 Å². The largest absolute Gasteiger partial charge is 0.370 e. The van der Waals surface area contributed by atoms with E-state index in [0.29, 0.717) is 13.1 Å². The van der Waals surface area contributed by atoms with Gasteiger partial charge in [0.05, 0.1) is 12.3 Å². The molecule has 1 aromatic carbocycles. The van der Waals surface area contributed by atoms with E-state index in [0.717, 1.165) is 23.6 Å². The second kappa shape index (κ2) is 8.56. The number of nitrogens with two attached hydrogens (primary N) is 1. The van der Waals surface area contributed by atoms with Gasteiger partial charge in [-0.1, -0.05) is 19.1 Å². The molecule has 0 atom stereocenters. The number of nitrogens with one attached hydrogen (secondary N) is 1. The van der Waals surface area contributed by atoms with Gasteiger partial charge in [0.2, 0.25) is 10.0 Å². The Labute approximate surface area is 142 Å². The Morgan fingerprint density at radius 3 is 2.83 bits per heavy atom. The average molecular weight is 357 g/mol. The van der Waals surface area contributed by atoms with E-state index in [-0.39, 0.29) is 18.3 Å². The Kier molecular flexibility index (Phi) is 6.73. The van der Waals surface area contributed by atoms with Gasteiger partial charge in [-0.15, -0.1) is 0 Å². The Bertz CT molecular complexity index is 641. The molecule has 0 bridgehead atoms. The zero-order valence-corrected chi connectivity index (χ0v) is 15.0. The first-order valence-electron chi connectivity index (χ1n) is 7.72. The third-order valence-corrected chi connectivity index (χ3v) is 6.40. The van der Waals surface area contributed by atoms with Gasteiger partial charge in [0.1, 0.15) is 0 Å². The first-order chi connectivity index (χ1) is 11.0. The number of guanidine groups is 1. The second-order valence-electron chi connectivity index (χ2n) is 5.27. The summed E-state index contributed by atoms with van der Waals surface area (Å²) in [5.41, 5.74) is 7.90. The molecule has 8 heteroatoms. The summed E-state index contributed by atoms with van der Waals surface area (Å²) in [6.07, 6.45) is 0.943. The summed E-state index contributed by atoms with van der Waals surface area (Å²) >= 11 is 1.78. The summed E-state index contributed by atoms with van der Waals surface area (Å²) in [4.78, 5) is 4.13. The first-order valence-corrected chi connectivity index (χ1v) is 10.5. The quantitative estimate of drug-likeness (QED) is 0.593. The summed E-state index contributed by atoms with van der Waals surface area (Å²) < 4.78 is 25.9. The van der Waals surface area contributed by atoms with Gasteiger partial charge in [-0.3, -0.25) is 4.99 Å². The number of nitrogens with zero attached hydrogens (tertiary/aromatic N) is 2. The summed E-state index contributed by atoms with van der Waals surface area (Å²) in [6.45, 7) is 3.43. The van der Waals surface area contributed by atoms with E-state index in [1.54, 1.807) is 16.1 Å². The summed E-state index contributed by atoms with van der Waals surface area (Å²) in [7, 11) is -3.23. The van der Waals surface area contributed by atoms with Crippen molar-refractivity contribution in [3.8, 4) is 0 Å². The van der Waals surface area contributed by atoms with E-state index in [4.69, 9.17) is 5.73 Å². The van der Waals surface area contributed by atoms with E-state index in [2.05, 4.69) is 17.2 Å². The minimum atomic E-state index is -3.23. The number of rotatable bonds is 6. The van der Waals surface area contributed by atoms with Crippen LogP contribution in [-0.2, 0) is 16.4 Å². The van der Waals surface area contributed by atoms with Crippen LogP contribution in [0.15, 0.2) is 29.3 Å². The molecule has 0 aromatic heterocycles. The molecule has 0 aliphatic carbocycles. The minimum absolute atomic E-state index is 0.00491. The number of hydrogen-bond donors (Lipinski definition) is 2. The number of aryl methyl sites for hydroxylation is 1. The smallest absolute Gasteiger partial charge is 0.215 e. The lowest BCUT2D eigenvalue weighted by Crippen LogP contribution is -2.40. The van der Waals surface area contributed by atoms with Crippen LogP contribution in [0, 0.1) is 0 Å². The van der Waals surface area contributed by atoms with E-state index in [1.165, 1.54) is 5.56 Å². The average Bonchev–Trinajstić information content (AvgIpc) is 2.55. The lowest BCUT2D eigenvalue weighted by Gasteiger charge is -2.25. The molecule has 1 saturated heterocycles. The molecule has 1 heterocycles. The summed E-state index contributed by atoms with van der Waals surface area (Å²) in [6, 6.07) is 7.91. The van der Waals surface area contributed by atoms with Crippen molar-refractivity contribution in [3.05, 3.63) is 29.8 Å². The van der Waals surface area contributed by atoms with Gasteiger partial charge in [-0.2, -0.15) is 11.8 Å². The monoisotopic (exact) mass is 356 g/mol. The van der Waals surface area contributed by atoms with Crippen LogP contribution in [0.1, 0.15) is 12.5 Å². The van der Waals surface area contributed by atoms with Crippen molar-refractivity contribution in [2.45, 2.75) is 13.3 Å². The van der Waals surface area contributed by atoms with Gasteiger partial charge in [0.25, 0.3) is 0 Å². The predicted octanol–water partition coefficient (Wildman–Crippen LogP) is 1.35. The van der Waals surface area contributed by atoms with Crippen LogP contribution in [0.3, 0.4) is 0 Å². The zero-order valence-electron chi connectivity index (χ0n) is 13.4. The maximum Gasteiger partial charge on any atom is 0.215 e. The lowest BCUT2D eigenvalue weighted by molar-refractivity contribution is 0.444. The molecule has 1 fully saturated rings. The molecule has 23 heavy (non-hydrogen) atoms. The van der Waals surface area contributed by atoms with Crippen LogP contribution in [-0.4, -0.2) is 55.6 Å². The molecule has 0 spiro atoms. The van der Waals surface area contributed by atoms with Crippen molar-refractivity contribution in [1.29, 1.82) is 0 Å². The van der Waals surface area contributed by atoms with Crippen molar-refractivity contribution >= 4 is 33.4 Å². The fourth-order valence-corrected chi connectivity index (χ4v) is 4.75. The van der Waals surface area contributed by atoms with Crippen molar-refractivity contribution in [2.24, 2.45) is 10.7 Å². The van der Waals surface area contributed by atoms with E-state index in [9.17, 15) is 8.42 Å². The van der Waals surface area contributed by atoms with E-state index < -0.39 is 10.0 Å². The third-order valence-electron chi connectivity index (χ3n) is 3.60. The number of hydrogen-bond acceptors (Lipinski definition) is 4. The number of thioether (sulfide) groups is 1. The zero-order chi connectivity index (χ0) is 16.7. The Morgan fingerprint density at radius 2 is 2.13 bits per heavy atom. The van der Waals surface area contributed by atoms with E-state index in [1.807, 2.05) is 24.3 Å². The molecule has 1 aliphatic rings. The normalized spacial score (nSPS) is 17.2. The predicted molar refractivity (Wildman–Crippen MR) is 98.6 cm³/mol. The SMILES string of the molecule is CCc1cccc(NC(N)=NCCS(=O)(=O)N2CCSCC2)c1. The molecule has 2 rings (SSSR count). The lowest BCUT2D eigenvalue weighted by atomic mass is 10.1. The van der Waals surface area contributed by atoms with Gasteiger partial charge >= 0.3 is 0 Å². The highest BCUT2D eigenvalue weighted by Crippen LogP contribution is 2.13. The fourth-order valence-electron chi connectivity index (χ4n) is 2.29. The molecular weight excluding hydrogens is 332 g/mol. The van der Waals surface area contributed by atoms with Crippen LogP contribution >= 0.6 is 11.8 Å². The summed E-state index contributed by atoms with van der Waals surface area (Å²) in [5, 5.41) is 3.00. The highest BCUT2D eigenvalue weighted by molar-refractivity contribution is 7.99. The van der Waals surface area contributed by atoms with Crippen LogP contribution in [0.25, 0.3) is 0 Å². The topological polar surface area (TPSA) is 87.8 Å². The van der Waals surface area contributed by atoms with Crippen LogP contribution < -0.4 is 11.1 Å². The fraction of sp³-hybridized carbons (Fsp3) is 0.533. The molecule has 0 amide bonds. The Hall–Kier alpha value is -1.25. The second-order valence-corrected chi connectivity index (χ2v) is 8.59. The molecule has 0 saturated carbocycles. The maximum atomic E-state index is 12.2. The van der Waals surface area contributed by atoms with E-state index >= 15 is 0 Å². The van der Waals surface area contributed by atoms with Crippen molar-refractivity contribution in [2.75, 3.05) is 42.2 Å². The number of sulfonamides is 1. The molecule has 128 valence electrons. The number of benzene rings is 1.